The highest BCUT2D eigenvalue weighted by atomic mass is 16.5. The Morgan fingerprint density at radius 2 is 1.63 bits per heavy atom. The lowest BCUT2D eigenvalue weighted by Crippen LogP contribution is -2.45. The van der Waals surface area contributed by atoms with E-state index in [4.69, 9.17) is 4.74 Å². The van der Waals surface area contributed by atoms with E-state index in [0.717, 1.165) is 12.8 Å². The molecular weight excluding hydrogens is 444 g/mol. The largest absolute Gasteiger partial charge is 0.481 e. The van der Waals surface area contributed by atoms with Gasteiger partial charge in [-0.2, -0.15) is 0 Å². The number of carboxylic acid groups (broad SMARTS) is 1. The molecule has 1 saturated carbocycles. The summed E-state index contributed by atoms with van der Waals surface area (Å²) in [5.74, 6) is -1.36. The second-order valence-corrected chi connectivity index (χ2v) is 9.75. The Labute approximate surface area is 206 Å². The van der Waals surface area contributed by atoms with Gasteiger partial charge in [-0.3, -0.25) is 9.59 Å². The molecule has 7 nitrogen and oxygen atoms in total. The number of alkyl carbamates (subject to hydrolysis) is 1. The third kappa shape index (κ3) is 6.02. The Morgan fingerprint density at radius 1 is 1.00 bits per heavy atom. The molecular formula is C28H34N2O5. The molecule has 0 heterocycles. The van der Waals surface area contributed by atoms with Gasteiger partial charge in [-0.25, -0.2) is 4.79 Å². The first-order chi connectivity index (χ1) is 16.9. The molecule has 3 atom stereocenters. The van der Waals surface area contributed by atoms with Crippen molar-refractivity contribution in [3.8, 4) is 11.1 Å². The number of amides is 2. The van der Waals surface area contributed by atoms with E-state index in [1.54, 1.807) is 0 Å². The number of carbonyl (C=O) groups excluding carboxylic acids is 2. The summed E-state index contributed by atoms with van der Waals surface area (Å²) in [6.45, 7) is 2.64. The van der Waals surface area contributed by atoms with Crippen molar-refractivity contribution in [3.63, 3.8) is 0 Å². The number of carboxylic acids is 1. The van der Waals surface area contributed by atoms with Crippen LogP contribution in [0.1, 0.15) is 62.5 Å². The van der Waals surface area contributed by atoms with E-state index in [9.17, 15) is 19.5 Å². The van der Waals surface area contributed by atoms with Gasteiger partial charge in [-0.05, 0) is 47.4 Å². The SMILES string of the molecule is CC(CCC(=O)N[C@@H]1CCCC[C@@H]1C(=O)O)CNC(=O)OCC1c2ccccc2-c2ccccc21. The second-order valence-electron chi connectivity index (χ2n) is 9.75. The molecule has 2 aliphatic rings. The van der Waals surface area contributed by atoms with Crippen molar-refractivity contribution in [1.29, 1.82) is 0 Å². The van der Waals surface area contributed by atoms with Gasteiger partial charge in [-0.15, -0.1) is 0 Å². The van der Waals surface area contributed by atoms with Crippen molar-refractivity contribution in [2.24, 2.45) is 11.8 Å². The van der Waals surface area contributed by atoms with Crippen LogP contribution in [-0.4, -0.2) is 42.3 Å². The van der Waals surface area contributed by atoms with Crippen molar-refractivity contribution >= 4 is 18.0 Å². The Balaban J connectivity index is 1.19. The number of aliphatic carboxylic acids is 1. The molecule has 35 heavy (non-hydrogen) atoms. The molecule has 0 aromatic heterocycles. The number of hydrogen-bond donors (Lipinski definition) is 3. The Kier molecular flexibility index (Phi) is 8.06. The third-order valence-electron chi connectivity index (χ3n) is 7.23. The molecule has 3 N–H and O–H groups in total. The maximum atomic E-state index is 12.4. The van der Waals surface area contributed by atoms with Gasteiger partial charge in [-0.1, -0.05) is 68.3 Å². The van der Waals surface area contributed by atoms with Gasteiger partial charge in [0.25, 0.3) is 0 Å². The average Bonchev–Trinajstić information content (AvgIpc) is 3.19. The van der Waals surface area contributed by atoms with Crippen molar-refractivity contribution in [1.82, 2.24) is 10.6 Å². The van der Waals surface area contributed by atoms with E-state index < -0.39 is 18.0 Å². The molecule has 2 aromatic carbocycles. The number of fused-ring (bicyclic) bond motifs is 3. The lowest BCUT2D eigenvalue weighted by Gasteiger charge is -2.29. The Morgan fingerprint density at radius 3 is 2.29 bits per heavy atom. The minimum atomic E-state index is -0.837. The zero-order valence-corrected chi connectivity index (χ0v) is 20.2. The number of carbonyl (C=O) groups is 3. The van der Waals surface area contributed by atoms with Gasteiger partial charge in [0.2, 0.25) is 5.91 Å². The summed E-state index contributed by atoms with van der Waals surface area (Å²) in [4.78, 5) is 36.1. The van der Waals surface area contributed by atoms with Gasteiger partial charge in [0.1, 0.15) is 6.61 Å². The number of ether oxygens (including phenoxy) is 1. The minimum Gasteiger partial charge on any atom is -0.481 e. The van der Waals surface area contributed by atoms with Gasteiger partial charge >= 0.3 is 12.1 Å². The normalized spacial score (nSPS) is 19.8. The van der Waals surface area contributed by atoms with Crippen molar-refractivity contribution < 1.29 is 24.2 Å². The van der Waals surface area contributed by atoms with E-state index in [-0.39, 0.29) is 30.4 Å². The van der Waals surface area contributed by atoms with Crippen LogP contribution in [0.3, 0.4) is 0 Å². The number of benzene rings is 2. The average molecular weight is 479 g/mol. The molecule has 0 saturated heterocycles. The molecule has 7 heteroatoms. The summed E-state index contributed by atoms with van der Waals surface area (Å²) in [5.41, 5.74) is 4.71. The quantitative estimate of drug-likeness (QED) is 0.485. The summed E-state index contributed by atoms with van der Waals surface area (Å²) < 4.78 is 5.57. The topological polar surface area (TPSA) is 105 Å². The summed E-state index contributed by atoms with van der Waals surface area (Å²) >= 11 is 0. The van der Waals surface area contributed by atoms with E-state index in [1.165, 1.54) is 22.3 Å². The molecule has 0 radical (unpaired) electrons. The molecule has 4 rings (SSSR count). The molecule has 1 unspecified atom stereocenters. The number of nitrogens with one attached hydrogen (secondary N) is 2. The maximum Gasteiger partial charge on any atom is 0.407 e. The van der Waals surface area contributed by atoms with Crippen LogP contribution in [0.2, 0.25) is 0 Å². The van der Waals surface area contributed by atoms with Crippen LogP contribution >= 0.6 is 0 Å². The summed E-state index contributed by atoms with van der Waals surface area (Å²) in [6.07, 6.45) is 3.59. The fourth-order valence-corrected chi connectivity index (χ4v) is 5.26. The molecule has 1 fully saturated rings. The van der Waals surface area contributed by atoms with Crippen LogP contribution in [-0.2, 0) is 14.3 Å². The molecule has 2 amide bonds. The van der Waals surface area contributed by atoms with Gasteiger partial charge < -0.3 is 20.5 Å². The molecule has 2 aliphatic carbocycles. The predicted octanol–water partition coefficient (Wildman–Crippen LogP) is 4.70. The summed E-state index contributed by atoms with van der Waals surface area (Å²) in [5, 5.41) is 15.1. The smallest absolute Gasteiger partial charge is 0.407 e. The summed E-state index contributed by atoms with van der Waals surface area (Å²) in [7, 11) is 0. The molecule has 186 valence electrons. The van der Waals surface area contributed by atoms with Crippen LogP contribution in [0.4, 0.5) is 4.79 Å². The molecule has 0 aliphatic heterocycles. The molecule has 0 bridgehead atoms. The Hall–Kier alpha value is -3.35. The van der Waals surface area contributed by atoms with Crippen LogP contribution in [0.5, 0.6) is 0 Å². The van der Waals surface area contributed by atoms with Crippen LogP contribution in [0, 0.1) is 11.8 Å². The van der Waals surface area contributed by atoms with Crippen LogP contribution < -0.4 is 10.6 Å². The van der Waals surface area contributed by atoms with Gasteiger partial charge in [0, 0.05) is 24.9 Å². The minimum absolute atomic E-state index is 0.0173. The van der Waals surface area contributed by atoms with Crippen LogP contribution in [0.25, 0.3) is 11.1 Å². The third-order valence-corrected chi connectivity index (χ3v) is 7.23. The van der Waals surface area contributed by atoms with Gasteiger partial charge in [0.05, 0.1) is 5.92 Å². The molecule has 0 spiro atoms. The monoisotopic (exact) mass is 478 g/mol. The first-order valence-corrected chi connectivity index (χ1v) is 12.5. The fraction of sp³-hybridized carbons (Fsp3) is 0.464. The van der Waals surface area contributed by atoms with E-state index in [2.05, 4.69) is 34.9 Å². The zero-order valence-electron chi connectivity index (χ0n) is 20.2. The standard InChI is InChI=1S/C28H34N2O5/c1-18(14-15-26(31)30-25-13-7-6-12-23(25)27(32)33)16-29-28(34)35-17-24-21-10-4-2-8-19(21)20-9-3-5-11-22(20)24/h2-5,8-11,18,23-25H,6-7,12-17H2,1H3,(H,29,34)(H,30,31)(H,32,33)/t18?,23-,25+/m0/s1. The lowest BCUT2D eigenvalue weighted by atomic mass is 9.84. The molecule has 2 aromatic rings. The fourth-order valence-electron chi connectivity index (χ4n) is 5.26. The highest BCUT2D eigenvalue weighted by Gasteiger charge is 2.32. The zero-order chi connectivity index (χ0) is 24.8. The first-order valence-electron chi connectivity index (χ1n) is 12.5. The predicted molar refractivity (Wildman–Crippen MR) is 133 cm³/mol. The lowest BCUT2D eigenvalue weighted by molar-refractivity contribution is -0.144. The number of rotatable bonds is 9. The number of hydrogen-bond acceptors (Lipinski definition) is 4. The van der Waals surface area contributed by atoms with Crippen molar-refractivity contribution in [2.75, 3.05) is 13.2 Å². The highest BCUT2D eigenvalue weighted by Crippen LogP contribution is 2.44. The van der Waals surface area contributed by atoms with E-state index in [0.29, 0.717) is 32.2 Å². The van der Waals surface area contributed by atoms with E-state index in [1.807, 2.05) is 31.2 Å². The first kappa shape index (κ1) is 24.8. The van der Waals surface area contributed by atoms with Gasteiger partial charge in [0.15, 0.2) is 0 Å². The van der Waals surface area contributed by atoms with Crippen molar-refractivity contribution in [3.05, 3.63) is 59.7 Å². The highest BCUT2D eigenvalue weighted by molar-refractivity contribution is 5.79. The maximum absolute atomic E-state index is 12.4. The summed E-state index contributed by atoms with van der Waals surface area (Å²) in [6, 6.07) is 16.1. The van der Waals surface area contributed by atoms with E-state index >= 15 is 0 Å². The van der Waals surface area contributed by atoms with Crippen LogP contribution in [0.15, 0.2) is 48.5 Å². The Bertz CT molecular complexity index is 1020. The second kappa shape index (κ2) is 11.4. The van der Waals surface area contributed by atoms with Crippen molar-refractivity contribution in [2.45, 2.75) is 57.4 Å².